The van der Waals surface area contributed by atoms with Gasteiger partial charge in [0.25, 0.3) is 0 Å². The lowest BCUT2D eigenvalue weighted by atomic mass is 10.1. The first-order valence-electron chi connectivity index (χ1n) is 6.59. The molecule has 0 atom stereocenters. The topological polar surface area (TPSA) is 9.23 Å². The maximum absolute atomic E-state index is 12.7. The van der Waals surface area contributed by atoms with Crippen LogP contribution < -0.4 is 4.74 Å². The molecule has 118 valence electrons. The number of halogens is 5. The molecule has 2 aromatic carbocycles. The van der Waals surface area contributed by atoms with E-state index in [9.17, 15) is 13.2 Å². The first kappa shape index (κ1) is 17.4. The number of alkyl halides is 4. The van der Waals surface area contributed by atoms with Gasteiger partial charge < -0.3 is 4.74 Å². The van der Waals surface area contributed by atoms with Crippen molar-refractivity contribution in [2.75, 3.05) is 4.43 Å². The zero-order valence-corrected chi connectivity index (χ0v) is 14.4. The van der Waals surface area contributed by atoms with Gasteiger partial charge in [0.2, 0.25) is 0 Å². The molecule has 0 amide bonds. The Bertz CT molecular complexity index is 644. The van der Waals surface area contributed by atoms with Crippen molar-refractivity contribution in [1.82, 2.24) is 0 Å². The number of rotatable bonds is 5. The van der Waals surface area contributed by atoms with Crippen LogP contribution in [0.1, 0.15) is 17.5 Å². The number of ether oxygens (including phenoxy) is 1. The zero-order chi connectivity index (χ0) is 16.2. The van der Waals surface area contributed by atoms with E-state index in [0.29, 0.717) is 10.8 Å². The van der Waals surface area contributed by atoms with E-state index in [1.807, 2.05) is 6.07 Å². The molecule has 0 radical (unpaired) electrons. The van der Waals surface area contributed by atoms with E-state index in [-0.39, 0.29) is 5.75 Å². The van der Waals surface area contributed by atoms with Crippen molar-refractivity contribution < 1.29 is 17.9 Å². The summed E-state index contributed by atoms with van der Waals surface area (Å²) in [4.78, 5) is 0. The largest absolute Gasteiger partial charge is 0.457 e. The molecule has 2 rings (SSSR count). The van der Waals surface area contributed by atoms with Crippen LogP contribution in [-0.2, 0) is 12.6 Å². The summed E-state index contributed by atoms with van der Waals surface area (Å²) in [6, 6.07) is 9.96. The summed E-state index contributed by atoms with van der Waals surface area (Å²) in [6.45, 7) is 0. The first-order chi connectivity index (χ1) is 10.4. The Morgan fingerprint density at radius 1 is 1.05 bits per heavy atom. The van der Waals surface area contributed by atoms with Crippen LogP contribution in [0.3, 0.4) is 0 Å². The van der Waals surface area contributed by atoms with Gasteiger partial charge in [-0.15, -0.1) is 0 Å². The Labute approximate surface area is 145 Å². The molecule has 0 spiro atoms. The van der Waals surface area contributed by atoms with E-state index in [4.69, 9.17) is 16.3 Å². The third-order valence-corrected chi connectivity index (χ3v) is 4.12. The van der Waals surface area contributed by atoms with Crippen molar-refractivity contribution >= 4 is 34.2 Å². The Morgan fingerprint density at radius 3 is 2.41 bits per heavy atom. The van der Waals surface area contributed by atoms with E-state index in [2.05, 4.69) is 22.6 Å². The number of hydrogen-bond acceptors (Lipinski definition) is 1. The molecule has 0 fully saturated rings. The molecule has 1 nitrogen and oxygen atoms in total. The fourth-order valence-electron chi connectivity index (χ4n) is 1.92. The maximum Gasteiger partial charge on any atom is 0.416 e. The minimum absolute atomic E-state index is 0.130. The summed E-state index contributed by atoms with van der Waals surface area (Å²) in [6.07, 6.45) is -2.50. The van der Waals surface area contributed by atoms with Crippen molar-refractivity contribution in [3.63, 3.8) is 0 Å². The molecule has 0 aromatic heterocycles. The number of benzene rings is 2. The highest BCUT2D eigenvalue weighted by Gasteiger charge is 2.30. The SMILES string of the molecule is FC(F)(F)c1cccc(Oc2ccc(CCCI)c(Cl)c2)c1. The Morgan fingerprint density at radius 2 is 1.77 bits per heavy atom. The monoisotopic (exact) mass is 440 g/mol. The Kier molecular flexibility index (Phi) is 5.97. The van der Waals surface area contributed by atoms with Crippen LogP contribution in [0.4, 0.5) is 13.2 Å². The lowest BCUT2D eigenvalue weighted by Crippen LogP contribution is -2.04. The van der Waals surface area contributed by atoms with Crippen LogP contribution in [0.25, 0.3) is 0 Å². The molecule has 0 saturated heterocycles. The molecule has 22 heavy (non-hydrogen) atoms. The van der Waals surface area contributed by atoms with Gasteiger partial charge in [0.05, 0.1) is 5.56 Å². The minimum Gasteiger partial charge on any atom is -0.457 e. The summed E-state index contributed by atoms with van der Waals surface area (Å²) in [5, 5.41) is 0.564. The van der Waals surface area contributed by atoms with Gasteiger partial charge in [0, 0.05) is 5.02 Å². The Balaban J connectivity index is 2.16. The third-order valence-electron chi connectivity index (χ3n) is 3.00. The smallest absolute Gasteiger partial charge is 0.416 e. The molecule has 0 aliphatic heterocycles. The summed E-state index contributed by atoms with van der Waals surface area (Å²) in [5.74, 6) is 0.549. The molecule has 0 aliphatic carbocycles. The molecule has 0 bridgehead atoms. The van der Waals surface area contributed by atoms with Crippen molar-refractivity contribution in [2.45, 2.75) is 19.0 Å². The molecule has 0 saturated carbocycles. The lowest BCUT2D eigenvalue weighted by Gasteiger charge is -2.11. The number of hydrogen-bond donors (Lipinski definition) is 0. The summed E-state index contributed by atoms with van der Waals surface area (Å²) < 4.78 is 44.5. The minimum atomic E-state index is -4.39. The van der Waals surface area contributed by atoms with E-state index in [1.165, 1.54) is 12.1 Å². The second kappa shape index (κ2) is 7.55. The first-order valence-corrected chi connectivity index (χ1v) is 8.50. The van der Waals surface area contributed by atoms with E-state index < -0.39 is 11.7 Å². The van der Waals surface area contributed by atoms with Crippen molar-refractivity contribution in [1.29, 1.82) is 0 Å². The van der Waals surface area contributed by atoms with Crippen LogP contribution in [0.15, 0.2) is 42.5 Å². The molecule has 0 unspecified atom stereocenters. The maximum atomic E-state index is 12.7. The van der Waals surface area contributed by atoms with E-state index >= 15 is 0 Å². The second-order valence-electron chi connectivity index (χ2n) is 4.67. The molecule has 0 N–H and O–H groups in total. The Hall–Kier alpha value is -0.950. The molecule has 0 aliphatic rings. The lowest BCUT2D eigenvalue weighted by molar-refractivity contribution is -0.137. The van der Waals surface area contributed by atoms with Gasteiger partial charge in [-0.1, -0.05) is 46.3 Å². The highest BCUT2D eigenvalue weighted by atomic mass is 127. The van der Waals surface area contributed by atoms with E-state index in [0.717, 1.165) is 35.0 Å². The normalized spacial score (nSPS) is 11.5. The highest BCUT2D eigenvalue weighted by Crippen LogP contribution is 2.33. The standard InChI is InChI=1S/C16H13ClF3IO/c17-15-10-14(7-6-11(15)3-2-8-21)22-13-5-1-4-12(9-13)16(18,19)20/h1,4-7,9-10H,2-3,8H2. The molecular weight excluding hydrogens is 428 g/mol. The van der Waals surface area contributed by atoms with Crippen LogP contribution in [0, 0.1) is 0 Å². The van der Waals surface area contributed by atoms with Crippen LogP contribution in [0.5, 0.6) is 11.5 Å². The van der Waals surface area contributed by atoms with Crippen LogP contribution in [0.2, 0.25) is 5.02 Å². The molecule has 6 heteroatoms. The predicted molar refractivity (Wildman–Crippen MR) is 90.2 cm³/mol. The summed E-state index contributed by atoms with van der Waals surface area (Å²) in [7, 11) is 0. The van der Waals surface area contributed by atoms with Gasteiger partial charge >= 0.3 is 6.18 Å². The van der Waals surface area contributed by atoms with Crippen molar-refractivity contribution in [3.05, 3.63) is 58.6 Å². The number of aryl methyl sites for hydroxylation is 1. The average Bonchev–Trinajstić information content (AvgIpc) is 2.46. The van der Waals surface area contributed by atoms with Gasteiger partial charge in [-0.3, -0.25) is 0 Å². The fraction of sp³-hybridized carbons (Fsp3) is 0.250. The van der Waals surface area contributed by atoms with E-state index in [1.54, 1.807) is 12.1 Å². The quantitative estimate of drug-likeness (QED) is 0.380. The van der Waals surface area contributed by atoms with Gasteiger partial charge in [0.15, 0.2) is 0 Å². The van der Waals surface area contributed by atoms with Crippen LogP contribution >= 0.6 is 34.2 Å². The van der Waals surface area contributed by atoms with Gasteiger partial charge in [0.1, 0.15) is 11.5 Å². The zero-order valence-electron chi connectivity index (χ0n) is 11.5. The average molecular weight is 441 g/mol. The van der Waals surface area contributed by atoms with Crippen LogP contribution in [-0.4, -0.2) is 4.43 Å². The summed E-state index contributed by atoms with van der Waals surface area (Å²) in [5.41, 5.74) is 0.268. The summed E-state index contributed by atoms with van der Waals surface area (Å²) >= 11 is 8.47. The molecular formula is C16H13ClF3IO. The van der Waals surface area contributed by atoms with Crippen molar-refractivity contribution in [2.24, 2.45) is 0 Å². The molecule has 2 aromatic rings. The highest BCUT2D eigenvalue weighted by molar-refractivity contribution is 14.1. The predicted octanol–water partition coefficient (Wildman–Crippen LogP) is 6.52. The molecule has 0 heterocycles. The van der Waals surface area contributed by atoms with Gasteiger partial charge in [-0.25, -0.2) is 0 Å². The van der Waals surface area contributed by atoms with Gasteiger partial charge in [-0.2, -0.15) is 13.2 Å². The van der Waals surface area contributed by atoms with Gasteiger partial charge in [-0.05, 0) is 53.2 Å². The fourth-order valence-corrected chi connectivity index (χ4v) is 2.57. The second-order valence-corrected chi connectivity index (χ2v) is 6.16. The third kappa shape index (κ3) is 4.78. The van der Waals surface area contributed by atoms with Crippen molar-refractivity contribution in [3.8, 4) is 11.5 Å².